The first-order valence-corrected chi connectivity index (χ1v) is 10.5. The second-order valence-electron chi connectivity index (χ2n) is 8.11. The Morgan fingerprint density at radius 2 is 1.82 bits per heavy atom. The number of carbonyl (C=O) groups excluding carboxylic acids is 4. The SMILES string of the molecule is O=C([O-])CCC(=O)N[C@H]1CCN2C(=O)c3cc(-c4cccc(C(F)(F)F)c4)ccc3NC(=O)[C@H]12. The van der Waals surface area contributed by atoms with Gasteiger partial charge in [0.1, 0.15) is 6.04 Å². The highest BCUT2D eigenvalue weighted by atomic mass is 19.4. The molecule has 1 saturated heterocycles. The molecule has 2 N–H and O–H groups in total. The van der Waals surface area contributed by atoms with Gasteiger partial charge in [-0.3, -0.25) is 14.4 Å². The summed E-state index contributed by atoms with van der Waals surface area (Å²) in [4.78, 5) is 50.1. The van der Waals surface area contributed by atoms with Gasteiger partial charge in [-0.2, -0.15) is 13.2 Å². The van der Waals surface area contributed by atoms with Crippen LogP contribution >= 0.6 is 0 Å². The molecule has 2 aromatic rings. The number of amides is 3. The normalized spacial score (nSPS) is 19.7. The molecular weight excluding hydrogens is 455 g/mol. The van der Waals surface area contributed by atoms with Gasteiger partial charge in [0.15, 0.2) is 0 Å². The fourth-order valence-electron chi connectivity index (χ4n) is 4.24. The number of hydrogen-bond acceptors (Lipinski definition) is 5. The van der Waals surface area contributed by atoms with Crippen LogP contribution in [0.5, 0.6) is 0 Å². The molecule has 2 aliphatic heterocycles. The molecule has 11 heteroatoms. The number of alkyl halides is 3. The van der Waals surface area contributed by atoms with Crippen LogP contribution in [0.2, 0.25) is 0 Å². The number of nitrogens with one attached hydrogen (secondary N) is 2. The van der Waals surface area contributed by atoms with E-state index in [0.717, 1.165) is 12.1 Å². The number of carboxylic acids is 1. The fraction of sp³-hybridized carbons (Fsp3) is 0.304. The average Bonchev–Trinajstić information content (AvgIpc) is 3.16. The van der Waals surface area contributed by atoms with Crippen molar-refractivity contribution in [1.82, 2.24) is 10.2 Å². The number of hydrogen-bond donors (Lipinski definition) is 2. The van der Waals surface area contributed by atoms with Crippen molar-refractivity contribution in [3.63, 3.8) is 0 Å². The number of rotatable bonds is 5. The van der Waals surface area contributed by atoms with Crippen LogP contribution < -0.4 is 15.7 Å². The van der Waals surface area contributed by atoms with Gasteiger partial charge in [0.25, 0.3) is 5.91 Å². The third-order valence-electron chi connectivity index (χ3n) is 5.86. The van der Waals surface area contributed by atoms with E-state index in [1.165, 1.54) is 35.2 Å². The minimum absolute atomic E-state index is 0.120. The van der Waals surface area contributed by atoms with Gasteiger partial charge in [0.05, 0.1) is 22.9 Å². The van der Waals surface area contributed by atoms with Gasteiger partial charge >= 0.3 is 6.18 Å². The second kappa shape index (κ2) is 8.81. The van der Waals surface area contributed by atoms with E-state index in [4.69, 9.17) is 0 Å². The van der Waals surface area contributed by atoms with Crippen molar-refractivity contribution in [2.24, 2.45) is 0 Å². The summed E-state index contributed by atoms with van der Waals surface area (Å²) in [6, 6.07) is 7.38. The van der Waals surface area contributed by atoms with Crippen LogP contribution in [0.4, 0.5) is 18.9 Å². The lowest BCUT2D eigenvalue weighted by Crippen LogP contribution is -2.51. The van der Waals surface area contributed by atoms with E-state index in [2.05, 4.69) is 10.6 Å². The quantitative estimate of drug-likeness (QED) is 0.682. The Labute approximate surface area is 191 Å². The Hall–Kier alpha value is -3.89. The Bertz CT molecular complexity index is 1180. The van der Waals surface area contributed by atoms with Crippen LogP contribution in [-0.4, -0.2) is 47.2 Å². The molecule has 0 saturated carbocycles. The van der Waals surface area contributed by atoms with Crippen LogP contribution in [0.3, 0.4) is 0 Å². The summed E-state index contributed by atoms with van der Waals surface area (Å²) in [7, 11) is 0. The lowest BCUT2D eigenvalue weighted by molar-refractivity contribution is -0.305. The number of anilines is 1. The summed E-state index contributed by atoms with van der Waals surface area (Å²) in [6.07, 6.45) is -5.03. The highest BCUT2D eigenvalue weighted by Gasteiger charge is 2.45. The summed E-state index contributed by atoms with van der Waals surface area (Å²) in [6.45, 7) is 0.162. The smallest absolute Gasteiger partial charge is 0.416 e. The Morgan fingerprint density at radius 1 is 1.09 bits per heavy atom. The van der Waals surface area contributed by atoms with E-state index in [1.807, 2.05) is 0 Å². The lowest BCUT2D eigenvalue weighted by Gasteiger charge is -2.25. The van der Waals surface area contributed by atoms with Crippen molar-refractivity contribution < 1.29 is 37.5 Å². The van der Waals surface area contributed by atoms with Gasteiger partial charge < -0.3 is 25.4 Å². The predicted molar refractivity (Wildman–Crippen MR) is 111 cm³/mol. The van der Waals surface area contributed by atoms with Crippen LogP contribution in [0, 0.1) is 0 Å². The molecular formula is C23H19F3N3O5-. The monoisotopic (exact) mass is 474 g/mol. The average molecular weight is 474 g/mol. The number of halogens is 3. The molecule has 8 nitrogen and oxygen atoms in total. The van der Waals surface area contributed by atoms with Crippen molar-refractivity contribution in [2.75, 3.05) is 11.9 Å². The van der Waals surface area contributed by atoms with E-state index in [0.29, 0.717) is 5.56 Å². The first-order chi connectivity index (χ1) is 16.0. The van der Waals surface area contributed by atoms with Crippen molar-refractivity contribution >= 4 is 29.4 Å². The van der Waals surface area contributed by atoms with Crippen LogP contribution in [0.1, 0.15) is 35.2 Å². The highest BCUT2D eigenvalue weighted by molar-refractivity contribution is 6.11. The first-order valence-electron chi connectivity index (χ1n) is 10.5. The first kappa shape index (κ1) is 23.3. The van der Waals surface area contributed by atoms with Gasteiger partial charge in [0.2, 0.25) is 11.8 Å². The van der Waals surface area contributed by atoms with E-state index in [9.17, 15) is 37.5 Å². The zero-order valence-electron chi connectivity index (χ0n) is 17.6. The van der Waals surface area contributed by atoms with E-state index in [1.54, 1.807) is 0 Å². The standard InChI is InChI=1S/C23H20F3N3O5/c24-23(25,26)14-3-1-2-12(10-14)13-4-5-16-15(11-13)22(34)29-9-8-17(20(29)21(33)28-16)27-18(30)6-7-19(31)32/h1-5,10-11,17,20H,6-9H2,(H,27,30)(H,28,33)(H,31,32)/p-1/t17-,20-/m0/s1. The fourth-order valence-corrected chi connectivity index (χ4v) is 4.24. The van der Waals surface area contributed by atoms with Crippen molar-refractivity contribution in [1.29, 1.82) is 0 Å². The molecule has 0 bridgehead atoms. The van der Waals surface area contributed by atoms with Crippen LogP contribution in [0.15, 0.2) is 42.5 Å². The Morgan fingerprint density at radius 3 is 2.53 bits per heavy atom. The number of carbonyl (C=O) groups is 4. The largest absolute Gasteiger partial charge is 0.550 e. The molecule has 3 amide bonds. The number of carboxylic acid groups (broad SMARTS) is 1. The van der Waals surface area contributed by atoms with E-state index in [-0.39, 0.29) is 36.2 Å². The predicted octanol–water partition coefficient (Wildman–Crippen LogP) is 1.55. The molecule has 0 aliphatic carbocycles. The number of nitrogens with zero attached hydrogens (tertiary/aromatic N) is 1. The molecule has 0 radical (unpaired) electrons. The van der Waals surface area contributed by atoms with Gasteiger partial charge in [0, 0.05) is 18.9 Å². The molecule has 2 aromatic carbocycles. The third-order valence-corrected chi connectivity index (χ3v) is 5.86. The zero-order valence-corrected chi connectivity index (χ0v) is 17.6. The summed E-state index contributed by atoms with van der Waals surface area (Å²) in [5.74, 6) is -2.98. The maximum atomic E-state index is 13.3. The highest BCUT2D eigenvalue weighted by Crippen LogP contribution is 2.35. The van der Waals surface area contributed by atoms with Crippen molar-refractivity contribution in [3.05, 3.63) is 53.6 Å². The molecule has 2 heterocycles. The minimum atomic E-state index is -4.52. The number of benzene rings is 2. The molecule has 4 rings (SSSR count). The molecule has 2 atom stereocenters. The number of aliphatic carboxylic acids is 1. The summed E-state index contributed by atoms with van der Waals surface area (Å²) >= 11 is 0. The van der Waals surface area contributed by atoms with E-state index >= 15 is 0 Å². The van der Waals surface area contributed by atoms with Crippen molar-refractivity contribution in [2.45, 2.75) is 37.5 Å². The second-order valence-corrected chi connectivity index (χ2v) is 8.11. The molecule has 0 spiro atoms. The number of fused-ring (bicyclic) bond motifs is 2. The summed E-state index contributed by atoms with van der Waals surface area (Å²) in [5.41, 5.74) is 0.141. The Balaban J connectivity index is 1.60. The Kier molecular flexibility index (Phi) is 6.03. The maximum absolute atomic E-state index is 13.3. The van der Waals surface area contributed by atoms with Gasteiger partial charge in [-0.25, -0.2) is 0 Å². The maximum Gasteiger partial charge on any atom is 0.416 e. The van der Waals surface area contributed by atoms with Gasteiger partial charge in [-0.1, -0.05) is 18.2 Å². The summed E-state index contributed by atoms with van der Waals surface area (Å²) in [5, 5.41) is 15.8. The molecule has 0 aromatic heterocycles. The van der Waals surface area contributed by atoms with Gasteiger partial charge in [-0.15, -0.1) is 0 Å². The van der Waals surface area contributed by atoms with Crippen molar-refractivity contribution in [3.8, 4) is 11.1 Å². The molecule has 0 unspecified atom stereocenters. The molecule has 1 fully saturated rings. The summed E-state index contributed by atoms with van der Waals surface area (Å²) < 4.78 is 39.3. The molecule has 178 valence electrons. The van der Waals surface area contributed by atoms with E-state index < -0.39 is 53.9 Å². The van der Waals surface area contributed by atoms with Crippen LogP contribution in [-0.2, 0) is 20.6 Å². The topological polar surface area (TPSA) is 119 Å². The molecule has 2 aliphatic rings. The molecule has 34 heavy (non-hydrogen) atoms. The lowest BCUT2D eigenvalue weighted by atomic mass is 9.99. The minimum Gasteiger partial charge on any atom is -0.550 e. The van der Waals surface area contributed by atoms with Gasteiger partial charge in [-0.05, 0) is 48.2 Å². The van der Waals surface area contributed by atoms with Crippen LogP contribution in [0.25, 0.3) is 11.1 Å². The zero-order chi connectivity index (χ0) is 24.6. The third kappa shape index (κ3) is 4.59.